The molecule has 18 heavy (non-hydrogen) atoms. The van der Waals surface area contributed by atoms with Crippen LogP contribution < -0.4 is 5.43 Å². The minimum absolute atomic E-state index is 0.196. The molecular formula is C13H11ClN2OS. The number of carbonyl (C=O) groups excluding carboxylic acids is 1. The molecule has 1 aromatic carbocycles. The van der Waals surface area contributed by atoms with Gasteiger partial charge in [-0.25, -0.2) is 5.43 Å². The van der Waals surface area contributed by atoms with Gasteiger partial charge in [-0.15, -0.1) is 11.3 Å². The van der Waals surface area contributed by atoms with E-state index in [1.807, 2.05) is 30.5 Å². The molecule has 0 atom stereocenters. The molecule has 1 aromatic heterocycles. The van der Waals surface area contributed by atoms with Crippen molar-refractivity contribution in [2.45, 2.75) is 6.92 Å². The van der Waals surface area contributed by atoms with Gasteiger partial charge in [-0.2, -0.15) is 5.10 Å². The number of nitrogens with one attached hydrogen (secondary N) is 1. The van der Waals surface area contributed by atoms with Crippen molar-refractivity contribution in [1.82, 2.24) is 5.43 Å². The fourth-order valence-electron chi connectivity index (χ4n) is 1.35. The van der Waals surface area contributed by atoms with E-state index in [0.717, 1.165) is 11.3 Å². The van der Waals surface area contributed by atoms with Crippen molar-refractivity contribution in [3.63, 3.8) is 0 Å². The molecule has 1 N–H and O–H groups in total. The van der Waals surface area contributed by atoms with Gasteiger partial charge in [0.15, 0.2) is 0 Å². The lowest BCUT2D eigenvalue weighted by Gasteiger charge is -2.01. The first kappa shape index (κ1) is 12.8. The van der Waals surface area contributed by atoms with Crippen LogP contribution in [0.1, 0.15) is 22.2 Å². The van der Waals surface area contributed by atoms with E-state index < -0.39 is 0 Å². The first-order chi connectivity index (χ1) is 8.66. The topological polar surface area (TPSA) is 41.5 Å². The molecule has 0 aliphatic rings. The Bertz CT molecular complexity index is 561. The molecule has 1 amide bonds. The number of hydrogen-bond acceptors (Lipinski definition) is 3. The molecule has 92 valence electrons. The maximum Gasteiger partial charge on any atom is 0.281 e. The summed E-state index contributed by atoms with van der Waals surface area (Å²) in [6.45, 7) is 1.83. The lowest BCUT2D eigenvalue weighted by Crippen LogP contribution is -2.18. The third kappa shape index (κ3) is 3.18. The standard InChI is InChI=1S/C13H11ClN2OS/c1-9(10-4-6-11(14)7-5-10)15-16-13(17)12-3-2-8-18-12/h2-8H,1H3,(H,16,17)/b15-9-. The van der Waals surface area contributed by atoms with Crippen LogP contribution in [0.25, 0.3) is 0 Å². The number of benzene rings is 1. The van der Waals surface area contributed by atoms with E-state index in [-0.39, 0.29) is 5.91 Å². The minimum atomic E-state index is -0.196. The molecule has 1 heterocycles. The van der Waals surface area contributed by atoms with Gasteiger partial charge in [0.1, 0.15) is 0 Å². The number of halogens is 1. The fraction of sp³-hybridized carbons (Fsp3) is 0.0769. The molecule has 0 unspecified atom stereocenters. The lowest BCUT2D eigenvalue weighted by atomic mass is 10.1. The predicted octanol–water partition coefficient (Wildman–Crippen LogP) is 3.56. The predicted molar refractivity (Wildman–Crippen MR) is 75.4 cm³/mol. The van der Waals surface area contributed by atoms with Gasteiger partial charge in [0.05, 0.1) is 10.6 Å². The largest absolute Gasteiger partial charge is 0.281 e. The summed E-state index contributed by atoms with van der Waals surface area (Å²) >= 11 is 7.18. The molecule has 0 fully saturated rings. The highest BCUT2D eigenvalue weighted by atomic mass is 35.5. The van der Waals surface area contributed by atoms with Crippen molar-refractivity contribution in [2.75, 3.05) is 0 Å². The van der Waals surface area contributed by atoms with Crippen molar-refractivity contribution < 1.29 is 4.79 Å². The van der Waals surface area contributed by atoms with Crippen LogP contribution in [0, 0.1) is 0 Å². The molecule has 0 saturated carbocycles. The summed E-state index contributed by atoms with van der Waals surface area (Å²) in [5.41, 5.74) is 4.18. The maximum atomic E-state index is 11.7. The highest BCUT2D eigenvalue weighted by Crippen LogP contribution is 2.10. The van der Waals surface area contributed by atoms with Gasteiger partial charge in [0.25, 0.3) is 5.91 Å². The van der Waals surface area contributed by atoms with E-state index in [1.165, 1.54) is 11.3 Å². The second kappa shape index (κ2) is 5.80. The van der Waals surface area contributed by atoms with Crippen molar-refractivity contribution in [1.29, 1.82) is 0 Å². The summed E-state index contributed by atoms with van der Waals surface area (Å²) < 4.78 is 0. The molecule has 0 spiro atoms. The summed E-state index contributed by atoms with van der Waals surface area (Å²) in [5.74, 6) is -0.196. The summed E-state index contributed by atoms with van der Waals surface area (Å²) in [5, 5.41) is 6.59. The number of carbonyl (C=O) groups is 1. The first-order valence-corrected chi connectivity index (χ1v) is 6.56. The van der Waals surface area contributed by atoms with Crippen molar-refractivity contribution in [3.8, 4) is 0 Å². The van der Waals surface area contributed by atoms with Crippen molar-refractivity contribution in [2.24, 2.45) is 5.10 Å². The van der Waals surface area contributed by atoms with E-state index in [4.69, 9.17) is 11.6 Å². The third-order valence-corrected chi connectivity index (χ3v) is 3.45. The van der Waals surface area contributed by atoms with Crippen LogP contribution in [0.4, 0.5) is 0 Å². The average molecular weight is 279 g/mol. The van der Waals surface area contributed by atoms with E-state index in [9.17, 15) is 4.79 Å². The average Bonchev–Trinajstić information content (AvgIpc) is 2.90. The third-order valence-electron chi connectivity index (χ3n) is 2.33. The smallest absolute Gasteiger partial charge is 0.266 e. The number of rotatable bonds is 3. The van der Waals surface area contributed by atoms with E-state index in [1.54, 1.807) is 18.2 Å². The Labute approximate surface area is 114 Å². The van der Waals surface area contributed by atoms with Gasteiger partial charge in [-0.3, -0.25) is 4.79 Å². The zero-order valence-electron chi connectivity index (χ0n) is 9.68. The van der Waals surface area contributed by atoms with Gasteiger partial charge >= 0.3 is 0 Å². The number of hydrazone groups is 1. The zero-order chi connectivity index (χ0) is 13.0. The molecule has 3 nitrogen and oxygen atoms in total. The summed E-state index contributed by atoms with van der Waals surface area (Å²) in [4.78, 5) is 12.3. The monoisotopic (exact) mass is 278 g/mol. The van der Waals surface area contributed by atoms with Crippen LogP contribution in [-0.4, -0.2) is 11.6 Å². The Morgan fingerprint density at radius 1 is 1.28 bits per heavy atom. The van der Waals surface area contributed by atoms with Crippen LogP contribution in [0.3, 0.4) is 0 Å². The van der Waals surface area contributed by atoms with Gasteiger partial charge in [-0.1, -0.05) is 29.8 Å². The quantitative estimate of drug-likeness (QED) is 0.677. The Kier molecular flexibility index (Phi) is 4.12. The van der Waals surface area contributed by atoms with Gasteiger partial charge < -0.3 is 0 Å². The van der Waals surface area contributed by atoms with Crippen LogP contribution in [0.15, 0.2) is 46.9 Å². The molecule has 0 saturated heterocycles. The number of thiophene rings is 1. The van der Waals surface area contributed by atoms with E-state index >= 15 is 0 Å². The lowest BCUT2D eigenvalue weighted by molar-refractivity contribution is 0.0959. The fourth-order valence-corrected chi connectivity index (χ4v) is 2.09. The second-order valence-electron chi connectivity index (χ2n) is 3.62. The minimum Gasteiger partial charge on any atom is -0.266 e. The Balaban J connectivity index is 2.05. The SMILES string of the molecule is C/C(=N/NC(=O)c1cccs1)c1ccc(Cl)cc1. The second-order valence-corrected chi connectivity index (χ2v) is 5.01. The van der Waals surface area contributed by atoms with Crippen LogP contribution in [0.2, 0.25) is 5.02 Å². The van der Waals surface area contributed by atoms with Gasteiger partial charge in [0, 0.05) is 5.02 Å². The Morgan fingerprint density at radius 2 is 2.00 bits per heavy atom. The molecule has 2 rings (SSSR count). The van der Waals surface area contributed by atoms with Crippen LogP contribution >= 0.6 is 22.9 Å². The Morgan fingerprint density at radius 3 is 2.61 bits per heavy atom. The highest BCUT2D eigenvalue weighted by molar-refractivity contribution is 7.12. The number of nitrogens with zero attached hydrogens (tertiary/aromatic N) is 1. The number of amides is 1. The molecule has 0 aliphatic carbocycles. The van der Waals surface area contributed by atoms with Gasteiger partial charge in [0.2, 0.25) is 0 Å². The zero-order valence-corrected chi connectivity index (χ0v) is 11.3. The summed E-state index contributed by atoms with van der Waals surface area (Å²) in [6.07, 6.45) is 0. The summed E-state index contributed by atoms with van der Waals surface area (Å²) in [6, 6.07) is 10.9. The van der Waals surface area contributed by atoms with Crippen molar-refractivity contribution >= 4 is 34.6 Å². The molecular weight excluding hydrogens is 268 g/mol. The number of hydrogen-bond donors (Lipinski definition) is 1. The van der Waals surface area contributed by atoms with E-state index in [2.05, 4.69) is 10.5 Å². The normalized spacial score (nSPS) is 11.3. The molecule has 0 aliphatic heterocycles. The first-order valence-electron chi connectivity index (χ1n) is 5.31. The van der Waals surface area contributed by atoms with Crippen molar-refractivity contribution in [3.05, 3.63) is 57.2 Å². The maximum absolute atomic E-state index is 11.7. The molecule has 5 heteroatoms. The summed E-state index contributed by atoms with van der Waals surface area (Å²) in [7, 11) is 0. The van der Waals surface area contributed by atoms with Gasteiger partial charge in [-0.05, 0) is 36.1 Å². The molecule has 2 aromatic rings. The van der Waals surface area contributed by atoms with Crippen LogP contribution in [-0.2, 0) is 0 Å². The van der Waals surface area contributed by atoms with Crippen LogP contribution in [0.5, 0.6) is 0 Å². The Hall–Kier alpha value is -1.65. The molecule has 0 radical (unpaired) electrons. The highest BCUT2D eigenvalue weighted by Gasteiger charge is 2.05. The molecule has 0 bridgehead atoms. The van der Waals surface area contributed by atoms with E-state index in [0.29, 0.717) is 9.90 Å².